The van der Waals surface area contributed by atoms with E-state index >= 15 is 0 Å². The van der Waals surface area contributed by atoms with Crippen LogP contribution >= 0.6 is 0 Å². The van der Waals surface area contributed by atoms with Crippen molar-refractivity contribution in [2.24, 2.45) is 5.92 Å². The number of nitrogens with zero attached hydrogens (tertiary/aromatic N) is 4. The maximum absolute atomic E-state index is 12.9. The van der Waals surface area contributed by atoms with Gasteiger partial charge in [0.25, 0.3) is 0 Å². The van der Waals surface area contributed by atoms with Gasteiger partial charge in [-0.2, -0.15) is 0 Å². The van der Waals surface area contributed by atoms with Gasteiger partial charge in [0, 0.05) is 70.4 Å². The highest BCUT2D eigenvalue weighted by molar-refractivity contribution is 5.89. The van der Waals surface area contributed by atoms with E-state index in [-0.39, 0.29) is 29.9 Å². The summed E-state index contributed by atoms with van der Waals surface area (Å²) < 4.78 is 11.2. The Morgan fingerprint density at radius 2 is 1.96 bits per heavy atom. The lowest BCUT2D eigenvalue weighted by molar-refractivity contribution is -0.137. The van der Waals surface area contributed by atoms with E-state index in [0.717, 1.165) is 25.7 Å². The van der Waals surface area contributed by atoms with E-state index < -0.39 is 0 Å². The molecule has 27 heavy (non-hydrogen) atoms. The molecule has 3 aliphatic heterocycles. The third kappa shape index (κ3) is 4.21. The number of ether oxygens (including phenoxy) is 2. The second-order valence-electron chi connectivity index (χ2n) is 7.48. The molecule has 2 amide bonds. The number of rotatable bonds is 4. The summed E-state index contributed by atoms with van der Waals surface area (Å²) in [7, 11) is 0. The molecule has 3 saturated heterocycles. The third-order valence-electron chi connectivity index (χ3n) is 5.74. The fraction of sp³-hybridized carbons (Fsp3) is 0.684. The minimum atomic E-state index is -0.209. The number of hydrogen-bond donors (Lipinski definition) is 0. The van der Waals surface area contributed by atoms with Crippen molar-refractivity contribution in [1.29, 1.82) is 0 Å². The lowest BCUT2D eigenvalue weighted by Gasteiger charge is -2.34. The van der Waals surface area contributed by atoms with Gasteiger partial charge in [0.1, 0.15) is 12.4 Å². The van der Waals surface area contributed by atoms with Gasteiger partial charge in [0.05, 0.1) is 5.92 Å². The average molecular weight is 374 g/mol. The van der Waals surface area contributed by atoms with Crippen LogP contribution in [0.15, 0.2) is 18.6 Å². The fourth-order valence-corrected chi connectivity index (χ4v) is 4.22. The van der Waals surface area contributed by atoms with E-state index in [1.165, 1.54) is 6.33 Å². The van der Waals surface area contributed by atoms with Crippen molar-refractivity contribution in [3.8, 4) is 5.88 Å². The van der Waals surface area contributed by atoms with Crippen molar-refractivity contribution in [1.82, 2.24) is 19.8 Å². The van der Waals surface area contributed by atoms with Gasteiger partial charge in [-0.1, -0.05) is 0 Å². The monoisotopic (exact) mass is 374 g/mol. The van der Waals surface area contributed by atoms with E-state index in [1.807, 2.05) is 9.80 Å². The Balaban J connectivity index is 1.27. The summed E-state index contributed by atoms with van der Waals surface area (Å²) in [5.41, 5.74) is 0. The van der Waals surface area contributed by atoms with Gasteiger partial charge in [-0.3, -0.25) is 9.59 Å². The minimum absolute atomic E-state index is 0.0629. The Hall–Kier alpha value is -2.22. The molecule has 8 nitrogen and oxygen atoms in total. The normalized spacial score (nSPS) is 25.0. The molecule has 0 radical (unpaired) electrons. The van der Waals surface area contributed by atoms with Crippen molar-refractivity contribution >= 4 is 11.8 Å². The molecule has 0 bridgehead atoms. The third-order valence-corrected chi connectivity index (χ3v) is 5.74. The van der Waals surface area contributed by atoms with E-state index in [1.54, 1.807) is 12.3 Å². The van der Waals surface area contributed by atoms with Crippen molar-refractivity contribution < 1.29 is 19.1 Å². The molecule has 146 valence electrons. The highest BCUT2D eigenvalue weighted by Crippen LogP contribution is 2.27. The first-order chi connectivity index (χ1) is 13.2. The molecular weight excluding hydrogens is 348 g/mol. The van der Waals surface area contributed by atoms with Crippen LogP contribution in [0.5, 0.6) is 5.88 Å². The first-order valence-electron chi connectivity index (χ1n) is 9.79. The van der Waals surface area contributed by atoms with Crippen LogP contribution in [0, 0.1) is 5.92 Å². The summed E-state index contributed by atoms with van der Waals surface area (Å²) in [6.45, 7) is 3.28. The lowest BCUT2D eigenvalue weighted by atomic mass is 10.0. The van der Waals surface area contributed by atoms with Gasteiger partial charge in [0.15, 0.2) is 0 Å². The molecular formula is C19H26N4O4. The topological polar surface area (TPSA) is 84.9 Å². The van der Waals surface area contributed by atoms with Crippen LogP contribution in [0.2, 0.25) is 0 Å². The number of hydrogen-bond acceptors (Lipinski definition) is 6. The number of carbonyl (C=O) groups is 2. The van der Waals surface area contributed by atoms with Gasteiger partial charge < -0.3 is 19.3 Å². The SMILES string of the molecule is O=C(C1CC(=O)N(C2CCOCC2)C1)N1CCC(Oc2ccncn2)CC1. The lowest BCUT2D eigenvalue weighted by Crippen LogP contribution is -2.45. The summed E-state index contributed by atoms with van der Waals surface area (Å²) in [6.07, 6.45) is 6.83. The quantitative estimate of drug-likeness (QED) is 0.778. The predicted molar refractivity (Wildman–Crippen MR) is 95.9 cm³/mol. The first kappa shape index (κ1) is 18.2. The number of piperidine rings is 1. The predicted octanol–water partition coefficient (Wildman–Crippen LogP) is 0.874. The molecule has 0 aromatic carbocycles. The average Bonchev–Trinajstić information content (AvgIpc) is 3.11. The Kier molecular flexibility index (Phi) is 5.52. The van der Waals surface area contributed by atoms with Crippen LogP contribution in [-0.4, -0.2) is 76.6 Å². The number of carbonyl (C=O) groups excluding carboxylic acids is 2. The van der Waals surface area contributed by atoms with Crippen LogP contribution in [-0.2, 0) is 14.3 Å². The molecule has 0 aliphatic carbocycles. The van der Waals surface area contributed by atoms with Crippen LogP contribution in [0.4, 0.5) is 0 Å². The zero-order chi connectivity index (χ0) is 18.6. The minimum Gasteiger partial charge on any atom is -0.474 e. The maximum Gasteiger partial charge on any atom is 0.227 e. The number of likely N-dealkylation sites (tertiary alicyclic amines) is 2. The number of amides is 2. The van der Waals surface area contributed by atoms with Crippen LogP contribution in [0.3, 0.4) is 0 Å². The molecule has 1 aromatic heterocycles. The van der Waals surface area contributed by atoms with Crippen molar-refractivity contribution in [2.45, 2.75) is 44.2 Å². The van der Waals surface area contributed by atoms with Gasteiger partial charge >= 0.3 is 0 Å². The Morgan fingerprint density at radius 3 is 2.67 bits per heavy atom. The highest BCUT2D eigenvalue weighted by Gasteiger charge is 2.40. The first-order valence-corrected chi connectivity index (χ1v) is 9.79. The smallest absolute Gasteiger partial charge is 0.227 e. The molecule has 4 heterocycles. The molecule has 0 N–H and O–H groups in total. The van der Waals surface area contributed by atoms with Crippen molar-refractivity contribution in [2.75, 3.05) is 32.8 Å². The summed E-state index contributed by atoms with van der Waals surface area (Å²) in [4.78, 5) is 37.1. The molecule has 1 aromatic rings. The zero-order valence-electron chi connectivity index (χ0n) is 15.5. The molecule has 4 rings (SSSR count). The fourth-order valence-electron chi connectivity index (χ4n) is 4.22. The summed E-state index contributed by atoms with van der Waals surface area (Å²) in [5.74, 6) is 0.587. The molecule has 0 saturated carbocycles. The largest absolute Gasteiger partial charge is 0.474 e. The van der Waals surface area contributed by atoms with E-state index in [4.69, 9.17) is 9.47 Å². The summed E-state index contributed by atoms with van der Waals surface area (Å²) >= 11 is 0. The highest BCUT2D eigenvalue weighted by atomic mass is 16.5. The zero-order valence-corrected chi connectivity index (χ0v) is 15.5. The van der Waals surface area contributed by atoms with Gasteiger partial charge in [-0.15, -0.1) is 0 Å². The molecule has 3 fully saturated rings. The van der Waals surface area contributed by atoms with Crippen LogP contribution < -0.4 is 4.74 Å². The van der Waals surface area contributed by atoms with Crippen molar-refractivity contribution in [3.05, 3.63) is 18.6 Å². The second kappa shape index (κ2) is 8.21. The van der Waals surface area contributed by atoms with E-state index in [0.29, 0.717) is 45.1 Å². The van der Waals surface area contributed by atoms with Gasteiger partial charge in [0.2, 0.25) is 17.7 Å². The summed E-state index contributed by atoms with van der Waals surface area (Å²) in [5, 5.41) is 0. The molecule has 1 atom stereocenters. The van der Waals surface area contributed by atoms with E-state index in [2.05, 4.69) is 9.97 Å². The Labute approximate surface area is 158 Å². The standard InChI is InChI=1S/C19H26N4O4/c24-18-11-14(12-23(18)15-4-9-26-10-5-15)19(25)22-7-2-16(3-8-22)27-17-1-6-20-13-21-17/h1,6,13-16H,2-5,7-12H2. The Bertz CT molecular complexity index is 657. The van der Waals surface area contributed by atoms with Crippen LogP contribution in [0.1, 0.15) is 32.1 Å². The molecule has 8 heteroatoms. The second-order valence-corrected chi connectivity index (χ2v) is 7.48. The Morgan fingerprint density at radius 1 is 1.19 bits per heavy atom. The molecule has 1 unspecified atom stereocenters. The maximum atomic E-state index is 12.9. The van der Waals surface area contributed by atoms with E-state index in [9.17, 15) is 9.59 Å². The van der Waals surface area contributed by atoms with Crippen LogP contribution in [0.25, 0.3) is 0 Å². The number of aromatic nitrogens is 2. The van der Waals surface area contributed by atoms with Gasteiger partial charge in [-0.25, -0.2) is 9.97 Å². The van der Waals surface area contributed by atoms with Crippen molar-refractivity contribution in [3.63, 3.8) is 0 Å². The molecule has 0 spiro atoms. The molecule has 3 aliphatic rings. The van der Waals surface area contributed by atoms with Gasteiger partial charge in [-0.05, 0) is 12.8 Å². The summed E-state index contributed by atoms with van der Waals surface area (Å²) in [6, 6.07) is 1.98.